The Morgan fingerprint density at radius 1 is 1.33 bits per heavy atom. The lowest BCUT2D eigenvalue weighted by Gasteiger charge is -2.15. The molecule has 0 fully saturated rings. The maximum atomic E-state index is 4.56. The predicted molar refractivity (Wildman–Crippen MR) is 117 cm³/mol. The number of aromatic nitrogens is 1. The smallest absolute Gasteiger partial charge is 0.191 e. The van der Waals surface area contributed by atoms with Crippen molar-refractivity contribution in [3.05, 3.63) is 33.5 Å². The van der Waals surface area contributed by atoms with Crippen molar-refractivity contribution >= 4 is 57.7 Å². The van der Waals surface area contributed by atoms with Crippen LogP contribution in [-0.2, 0) is 13.0 Å². The first-order valence-corrected chi connectivity index (χ1v) is 9.43. The highest BCUT2D eigenvalue weighted by Crippen LogP contribution is 2.17. The third kappa shape index (κ3) is 6.94. The first kappa shape index (κ1) is 21.2. The monoisotopic (exact) mass is 479 g/mol. The van der Waals surface area contributed by atoms with Crippen molar-refractivity contribution in [1.82, 2.24) is 15.6 Å². The second-order valence-electron chi connectivity index (χ2n) is 5.71. The lowest BCUT2D eigenvalue weighted by molar-refractivity contribution is 0.562. The molecule has 8 heteroatoms. The second-order valence-corrected chi connectivity index (χ2v) is 7.58. The van der Waals surface area contributed by atoms with Crippen molar-refractivity contribution in [3.8, 4) is 0 Å². The van der Waals surface area contributed by atoms with Gasteiger partial charge in [-0.1, -0.05) is 13.0 Å². The van der Waals surface area contributed by atoms with Gasteiger partial charge in [0.15, 0.2) is 11.1 Å². The third-order valence-corrected chi connectivity index (χ3v) is 5.29. The number of nitrogens with zero attached hydrogens (tertiary/aromatic N) is 3. The number of nitrogens with one attached hydrogen (secondary N) is 2. The maximum absolute atomic E-state index is 4.56. The van der Waals surface area contributed by atoms with Gasteiger partial charge in [0.2, 0.25) is 0 Å². The van der Waals surface area contributed by atoms with E-state index in [1.807, 2.05) is 30.3 Å². The molecule has 1 unspecified atom stereocenters. The highest BCUT2D eigenvalue weighted by molar-refractivity contribution is 14.0. The average molecular weight is 479 g/mol. The Hall–Kier alpha value is -0.870. The zero-order chi connectivity index (χ0) is 16.7. The topological polar surface area (TPSA) is 52.6 Å². The van der Waals surface area contributed by atoms with Crippen LogP contribution in [0.1, 0.15) is 17.5 Å². The molecule has 0 saturated carbocycles. The van der Waals surface area contributed by atoms with E-state index in [9.17, 15) is 0 Å². The van der Waals surface area contributed by atoms with Crippen molar-refractivity contribution in [2.24, 2.45) is 10.9 Å². The van der Waals surface area contributed by atoms with Crippen LogP contribution in [0.5, 0.6) is 0 Å². The van der Waals surface area contributed by atoms with Gasteiger partial charge < -0.3 is 15.5 Å². The summed E-state index contributed by atoms with van der Waals surface area (Å²) in [6.07, 6.45) is 1.10. The standard InChI is InChI=1S/C16H25N5S2.HI/c1-12(8-14-6-5-7-22-14)9-18-15(17-2)19-10-13-11-23-16(20-13)21(3)4;/h5-7,11-12H,8-10H2,1-4H3,(H2,17,18,19);1H. The molecule has 2 N–H and O–H groups in total. The average Bonchev–Trinajstić information content (AvgIpc) is 3.18. The van der Waals surface area contributed by atoms with Crippen molar-refractivity contribution in [1.29, 1.82) is 0 Å². The van der Waals surface area contributed by atoms with Crippen LogP contribution in [-0.4, -0.2) is 38.6 Å². The number of hydrogen-bond donors (Lipinski definition) is 2. The molecule has 0 bridgehead atoms. The fourth-order valence-corrected chi connectivity index (χ4v) is 3.72. The Balaban J connectivity index is 0.00000288. The van der Waals surface area contributed by atoms with Crippen LogP contribution in [0.2, 0.25) is 0 Å². The summed E-state index contributed by atoms with van der Waals surface area (Å²) in [7, 11) is 5.81. The number of guanidine groups is 1. The molecular weight excluding hydrogens is 453 g/mol. The van der Waals surface area contributed by atoms with E-state index < -0.39 is 0 Å². The number of halogens is 1. The minimum atomic E-state index is 0. The number of thiazole rings is 1. The van der Waals surface area contributed by atoms with Crippen molar-refractivity contribution in [3.63, 3.8) is 0 Å². The summed E-state index contributed by atoms with van der Waals surface area (Å²) in [5.41, 5.74) is 1.04. The molecule has 0 spiro atoms. The molecule has 0 saturated heterocycles. The van der Waals surface area contributed by atoms with Crippen molar-refractivity contribution < 1.29 is 0 Å². The van der Waals surface area contributed by atoms with Gasteiger partial charge in [-0.25, -0.2) is 4.98 Å². The molecule has 2 rings (SSSR count). The Bertz CT molecular complexity index is 610. The van der Waals surface area contributed by atoms with Gasteiger partial charge in [-0.2, -0.15) is 0 Å². The molecule has 134 valence electrons. The molecular formula is C16H26IN5S2. The number of aliphatic imine (C=N–C) groups is 1. The molecule has 2 heterocycles. The summed E-state index contributed by atoms with van der Waals surface area (Å²) in [5.74, 6) is 1.38. The van der Waals surface area contributed by atoms with Crippen LogP contribution >= 0.6 is 46.7 Å². The maximum Gasteiger partial charge on any atom is 0.191 e. The number of thiophene rings is 1. The lowest BCUT2D eigenvalue weighted by atomic mass is 10.1. The number of hydrogen-bond acceptors (Lipinski definition) is 5. The van der Waals surface area contributed by atoms with Crippen molar-refractivity contribution in [2.45, 2.75) is 19.9 Å². The molecule has 0 aliphatic heterocycles. The minimum Gasteiger partial charge on any atom is -0.356 e. The van der Waals surface area contributed by atoms with Crippen LogP contribution in [0.3, 0.4) is 0 Å². The quantitative estimate of drug-likeness (QED) is 0.363. The van der Waals surface area contributed by atoms with E-state index in [0.717, 1.165) is 29.8 Å². The van der Waals surface area contributed by atoms with Crippen LogP contribution in [0, 0.1) is 5.92 Å². The first-order chi connectivity index (χ1) is 11.1. The molecule has 0 amide bonds. The summed E-state index contributed by atoms with van der Waals surface area (Å²) in [4.78, 5) is 12.3. The van der Waals surface area contributed by atoms with Crippen LogP contribution in [0.25, 0.3) is 0 Å². The Morgan fingerprint density at radius 3 is 2.71 bits per heavy atom. The van der Waals surface area contributed by atoms with Gasteiger partial charge in [-0.15, -0.1) is 46.7 Å². The molecule has 5 nitrogen and oxygen atoms in total. The Morgan fingerprint density at radius 2 is 2.12 bits per heavy atom. The van der Waals surface area contributed by atoms with Gasteiger partial charge in [-0.05, 0) is 23.8 Å². The summed E-state index contributed by atoms with van der Waals surface area (Å²) >= 11 is 3.47. The first-order valence-electron chi connectivity index (χ1n) is 7.67. The van der Waals surface area contributed by atoms with Crippen LogP contribution in [0.15, 0.2) is 27.9 Å². The summed E-state index contributed by atoms with van der Waals surface area (Å²) < 4.78 is 0. The molecule has 0 aliphatic rings. The van der Waals surface area contributed by atoms with E-state index >= 15 is 0 Å². The predicted octanol–water partition coefficient (Wildman–Crippen LogP) is 3.43. The minimum absolute atomic E-state index is 0. The number of anilines is 1. The summed E-state index contributed by atoms with van der Waals surface area (Å²) in [5, 5.41) is 11.9. The Kier molecular flexibility index (Phi) is 9.60. The lowest BCUT2D eigenvalue weighted by Crippen LogP contribution is -2.39. The van der Waals surface area contributed by atoms with Crippen LogP contribution in [0.4, 0.5) is 5.13 Å². The van der Waals surface area contributed by atoms with Gasteiger partial charge in [-0.3, -0.25) is 4.99 Å². The molecule has 24 heavy (non-hydrogen) atoms. The molecule has 2 aromatic rings. The van der Waals surface area contributed by atoms with E-state index in [1.165, 1.54) is 4.88 Å². The van der Waals surface area contributed by atoms with Crippen LogP contribution < -0.4 is 15.5 Å². The molecule has 1 atom stereocenters. The van der Waals surface area contributed by atoms with E-state index in [-0.39, 0.29) is 24.0 Å². The van der Waals surface area contributed by atoms with Crippen molar-refractivity contribution in [2.75, 3.05) is 32.6 Å². The summed E-state index contributed by atoms with van der Waals surface area (Å²) in [6, 6.07) is 4.30. The summed E-state index contributed by atoms with van der Waals surface area (Å²) in [6.45, 7) is 3.84. The second kappa shape index (κ2) is 10.9. The van der Waals surface area contributed by atoms with E-state index in [0.29, 0.717) is 12.5 Å². The molecule has 0 aromatic carbocycles. The van der Waals surface area contributed by atoms with Gasteiger partial charge >= 0.3 is 0 Å². The van der Waals surface area contributed by atoms with Gasteiger partial charge in [0.05, 0.1) is 12.2 Å². The van der Waals surface area contributed by atoms with E-state index in [1.54, 1.807) is 18.4 Å². The Labute approximate surface area is 169 Å². The normalized spacial score (nSPS) is 12.4. The highest BCUT2D eigenvalue weighted by Gasteiger charge is 2.07. The number of rotatable bonds is 7. The van der Waals surface area contributed by atoms with Gasteiger partial charge in [0.25, 0.3) is 0 Å². The van der Waals surface area contributed by atoms with Gasteiger partial charge in [0.1, 0.15) is 0 Å². The molecule has 0 radical (unpaired) electrons. The zero-order valence-corrected chi connectivity index (χ0v) is 18.5. The third-order valence-electron chi connectivity index (χ3n) is 3.33. The molecule has 2 aromatic heterocycles. The fourth-order valence-electron chi connectivity index (χ4n) is 2.09. The molecule has 0 aliphatic carbocycles. The fraction of sp³-hybridized carbons (Fsp3) is 0.500. The van der Waals surface area contributed by atoms with Gasteiger partial charge in [0, 0.05) is 37.9 Å². The largest absolute Gasteiger partial charge is 0.356 e. The van der Waals surface area contributed by atoms with E-state index in [4.69, 9.17) is 0 Å². The van der Waals surface area contributed by atoms with E-state index in [2.05, 4.69) is 50.4 Å². The SMILES string of the molecule is CN=C(NCc1csc(N(C)C)n1)NCC(C)Cc1cccs1.I. The zero-order valence-electron chi connectivity index (χ0n) is 14.6. The highest BCUT2D eigenvalue weighted by atomic mass is 127.